The minimum Gasteiger partial charge on any atom is -0.487 e. The van der Waals surface area contributed by atoms with Gasteiger partial charge in [-0.2, -0.15) is 0 Å². The molecular formula is C15H16Cl4O. The molecule has 2 aliphatic carbocycles. The molecule has 1 aromatic rings. The number of halogens is 4. The van der Waals surface area contributed by atoms with Crippen LogP contribution in [0.15, 0.2) is 12.1 Å². The van der Waals surface area contributed by atoms with E-state index in [0.29, 0.717) is 20.8 Å². The topological polar surface area (TPSA) is 9.23 Å². The predicted molar refractivity (Wildman–Crippen MR) is 85.7 cm³/mol. The molecule has 0 aromatic heterocycles. The fourth-order valence-corrected chi connectivity index (χ4v) is 4.92. The number of ether oxygens (including phenoxy) is 1. The largest absolute Gasteiger partial charge is 0.487 e. The monoisotopic (exact) mass is 352 g/mol. The second kappa shape index (κ2) is 5.76. The Bertz CT molecular complexity index is 488. The van der Waals surface area contributed by atoms with Gasteiger partial charge in [0, 0.05) is 22.2 Å². The van der Waals surface area contributed by atoms with Crippen molar-refractivity contribution in [1.82, 2.24) is 0 Å². The van der Waals surface area contributed by atoms with Gasteiger partial charge in [-0.1, -0.05) is 54.1 Å². The van der Waals surface area contributed by atoms with E-state index in [1.54, 1.807) is 12.1 Å². The second-order valence-corrected chi connectivity index (χ2v) is 7.58. The Balaban J connectivity index is 1.82. The van der Waals surface area contributed by atoms with Gasteiger partial charge >= 0.3 is 0 Å². The molecule has 0 heterocycles. The van der Waals surface area contributed by atoms with Crippen LogP contribution in [0.25, 0.3) is 0 Å². The number of benzene rings is 1. The summed E-state index contributed by atoms with van der Waals surface area (Å²) < 4.78 is 6.12. The van der Waals surface area contributed by atoms with Gasteiger partial charge in [0.15, 0.2) is 5.75 Å². The summed E-state index contributed by atoms with van der Waals surface area (Å²) in [5.74, 6) is 0.538. The van der Waals surface area contributed by atoms with Crippen molar-refractivity contribution in [2.45, 2.75) is 50.0 Å². The normalized spacial score (nSPS) is 28.2. The fourth-order valence-electron chi connectivity index (χ4n) is 3.49. The zero-order valence-electron chi connectivity index (χ0n) is 11.0. The van der Waals surface area contributed by atoms with Gasteiger partial charge in [-0.25, -0.2) is 0 Å². The average molecular weight is 354 g/mol. The van der Waals surface area contributed by atoms with Crippen LogP contribution in [0, 0.1) is 5.41 Å². The molecule has 1 spiro atoms. The quantitative estimate of drug-likeness (QED) is 0.562. The van der Waals surface area contributed by atoms with Crippen LogP contribution in [0.3, 0.4) is 0 Å². The van der Waals surface area contributed by atoms with E-state index in [2.05, 4.69) is 0 Å². The lowest BCUT2D eigenvalue weighted by atomic mass is 9.58. The van der Waals surface area contributed by atoms with Crippen molar-refractivity contribution < 1.29 is 4.74 Å². The molecule has 2 unspecified atom stereocenters. The van der Waals surface area contributed by atoms with E-state index in [4.69, 9.17) is 51.1 Å². The molecule has 0 saturated heterocycles. The van der Waals surface area contributed by atoms with Crippen LogP contribution in [0.5, 0.6) is 5.75 Å². The molecule has 5 heteroatoms. The molecule has 20 heavy (non-hydrogen) atoms. The molecule has 1 nitrogen and oxygen atoms in total. The maximum atomic E-state index is 6.48. The third-order valence-corrected chi connectivity index (χ3v) is 6.09. The minimum atomic E-state index is 0.103. The summed E-state index contributed by atoms with van der Waals surface area (Å²) in [5.41, 5.74) is 0.103. The van der Waals surface area contributed by atoms with Crippen molar-refractivity contribution in [2.75, 3.05) is 0 Å². The molecule has 2 saturated carbocycles. The van der Waals surface area contributed by atoms with Crippen LogP contribution in [-0.2, 0) is 0 Å². The molecule has 0 radical (unpaired) electrons. The van der Waals surface area contributed by atoms with Gasteiger partial charge in [0.2, 0.25) is 0 Å². The summed E-state index contributed by atoms with van der Waals surface area (Å²) in [6, 6.07) is 3.32. The third kappa shape index (κ3) is 2.52. The standard InChI is InChI=1S/C15H16Cl4O/c16-9-6-10(17)14(11(18)7-9)20-13-8-12(19)15(13)4-2-1-3-5-15/h6-7,12-13H,1-5,8H2. The van der Waals surface area contributed by atoms with Crippen LogP contribution in [-0.4, -0.2) is 11.5 Å². The Labute approximate surface area is 139 Å². The molecule has 2 fully saturated rings. The zero-order chi connectivity index (χ0) is 14.3. The molecule has 110 valence electrons. The van der Waals surface area contributed by atoms with Gasteiger partial charge in [-0.3, -0.25) is 0 Å². The number of rotatable bonds is 2. The lowest BCUT2D eigenvalue weighted by Crippen LogP contribution is -2.58. The van der Waals surface area contributed by atoms with Crippen molar-refractivity contribution >= 4 is 46.4 Å². The lowest BCUT2D eigenvalue weighted by Gasteiger charge is -2.55. The summed E-state index contributed by atoms with van der Waals surface area (Å²) in [6.45, 7) is 0. The van der Waals surface area contributed by atoms with Gasteiger partial charge in [0.1, 0.15) is 6.10 Å². The van der Waals surface area contributed by atoms with Crippen molar-refractivity contribution in [3.63, 3.8) is 0 Å². The maximum absolute atomic E-state index is 6.48. The number of hydrogen-bond acceptors (Lipinski definition) is 1. The molecular weight excluding hydrogens is 338 g/mol. The van der Waals surface area contributed by atoms with E-state index in [-0.39, 0.29) is 16.9 Å². The SMILES string of the molecule is Clc1cc(Cl)c(OC2CC(Cl)C23CCCCC3)c(Cl)c1. The molecule has 0 amide bonds. The molecule has 0 N–H and O–H groups in total. The first-order chi connectivity index (χ1) is 9.53. The van der Waals surface area contributed by atoms with Gasteiger partial charge in [-0.05, 0) is 25.0 Å². The van der Waals surface area contributed by atoms with Crippen LogP contribution >= 0.6 is 46.4 Å². The zero-order valence-corrected chi connectivity index (χ0v) is 14.0. The van der Waals surface area contributed by atoms with Crippen molar-refractivity contribution in [2.24, 2.45) is 5.41 Å². The summed E-state index contributed by atoms with van der Waals surface area (Å²) in [6.07, 6.45) is 6.98. The third-order valence-electron chi connectivity index (χ3n) is 4.69. The van der Waals surface area contributed by atoms with Gasteiger partial charge in [-0.15, -0.1) is 11.6 Å². The highest BCUT2D eigenvalue weighted by atomic mass is 35.5. The summed E-state index contributed by atoms with van der Waals surface area (Å²) in [5, 5.41) is 1.65. The Hall–Kier alpha value is 0.180. The van der Waals surface area contributed by atoms with Crippen LogP contribution < -0.4 is 4.74 Å². The fraction of sp³-hybridized carbons (Fsp3) is 0.600. The van der Waals surface area contributed by atoms with Gasteiger partial charge < -0.3 is 4.74 Å². The minimum absolute atomic E-state index is 0.103. The molecule has 2 aliphatic rings. The molecule has 0 bridgehead atoms. The van der Waals surface area contributed by atoms with E-state index >= 15 is 0 Å². The van der Waals surface area contributed by atoms with E-state index in [1.807, 2.05) is 0 Å². The summed E-state index contributed by atoms with van der Waals surface area (Å²) >= 11 is 24.8. The van der Waals surface area contributed by atoms with Crippen LogP contribution in [0.4, 0.5) is 0 Å². The van der Waals surface area contributed by atoms with E-state index in [0.717, 1.165) is 19.3 Å². The number of hydrogen-bond donors (Lipinski definition) is 0. The first-order valence-electron chi connectivity index (χ1n) is 6.98. The Kier molecular flexibility index (Phi) is 4.34. The van der Waals surface area contributed by atoms with Crippen LogP contribution in [0.2, 0.25) is 15.1 Å². The first-order valence-corrected chi connectivity index (χ1v) is 8.55. The summed E-state index contributed by atoms with van der Waals surface area (Å²) in [7, 11) is 0. The highest BCUT2D eigenvalue weighted by molar-refractivity contribution is 6.40. The Morgan fingerprint density at radius 1 is 1.00 bits per heavy atom. The van der Waals surface area contributed by atoms with Crippen molar-refractivity contribution in [1.29, 1.82) is 0 Å². The van der Waals surface area contributed by atoms with Crippen LogP contribution in [0.1, 0.15) is 38.5 Å². The van der Waals surface area contributed by atoms with Crippen molar-refractivity contribution in [3.8, 4) is 5.75 Å². The molecule has 0 aliphatic heterocycles. The molecule has 3 rings (SSSR count). The van der Waals surface area contributed by atoms with Crippen molar-refractivity contribution in [3.05, 3.63) is 27.2 Å². The van der Waals surface area contributed by atoms with Gasteiger partial charge in [0.25, 0.3) is 0 Å². The molecule has 2 atom stereocenters. The van der Waals surface area contributed by atoms with E-state index in [1.165, 1.54) is 19.3 Å². The van der Waals surface area contributed by atoms with E-state index < -0.39 is 0 Å². The average Bonchev–Trinajstić information content (AvgIpc) is 2.42. The Morgan fingerprint density at radius 2 is 1.60 bits per heavy atom. The first kappa shape index (κ1) is 15.1. The Morgan fingerprint density at radius 3 is 2.15 bits per heavy atom. The van der Waals surface area contributed by atoms with E-state index in [9.17, 15) is 0 Å². The lowest BCUT2D eigenvalue weighted by molar-refractivity contribution is -0.0649. The van der Waals surface area contributed by atoms with Gasteiger partial charge in [0.05, 0.1) is 10.0 Å². The second-order valence-electron chi connectivity index (χ2n) is 5.80. The highest BCUT2D eigenvalue weighted by Gasteiger charge is 2.56. The smallest absolute Gasteiger partial charge is 0.157 e. The summed E-state index contributed by atoms with van der Waals surface area (Å²) in [4.78, 5) is 0. The maximum Gasteiger partial charge on any atom is 0.157 e. The number of alkyl halides is 1. The predicted octanol–water partition coefficient (Wildman–Crippen LogP) is 6.36. The molecule has 1 aromatic carbocycles. The highest BCUT2D eigenvalue weighted by Crippen LogP contribution is 2.56.